The molecule has 1 saturated heterocycles. The molecule has 1 aromatic carbocycles. The molecule has 1 aliphatic rings. The van der Waals surface area contributed by atoms with E-state index < -0.39 is 5.60 Å². The molecule has 2 atom stereocenters. The van der Waals surface area contributed by atoms with Crippen LogP contribution >= 0.6 is 0 Å². The fourth-order valence-electron chi connectivity index (χ4n) is 3.66. The van der Waals surface area contributed by atoms with E-state index in [4.69, 9.17) is 4.74 Å². The highest BCUT2D eigenvalue weighted by atomic mass is 16.6. The predicted molar refractivity (Wildman–Crippen MR) is 106 cm³/mol. The van der Waals surface area contributed by atoms with Crippen LogP contribution in [0.1, 0.15) is 64.1 Å². The Morgan fingerprint density at radius 1 is 1.22 bits per heavy atom. The van der Waals surface area contributed by atoms with Gasteiger partial charge in [-0.3, -0.25) is 4.68 Å². The van der Waals surface area contributed by atoms with Crippen LogP contribution < -0.4 is 0 Å². The molecule has 0 N–H and O–H groups in total. The summed E-state index contributed by atoms with van der Waals surface area (Å²) in [5.74, 6) is 0.535. The van der Waals surface area contributed by atoms with Crippen LogP contribution in [0.15, 0.2) is 42.7 Å². The maximum atomic E-state index is 12.8. The zero-order valence-electron chi connectivity index (χ0n) is 16.9. The molecule has 2 aromatic rings. The van der Waals surface area contributed by atoms with Gasteiger partial charge < -0.3 is 9.64 Å². The van der Waals surface area contributed by atoms with Gasteiger partial charge in [-0.05, 0) is 45.1 Å². The molecule has 5 heteroatoms. The van der Waals surface area contributed by atoms with Crippen LogP contribution in [0, 0.1) is 5.92 Å². The fraction of sp³-hybridized carbons (Fsp3) is 0.545. The van der Waals surface area contributed by atoms with E-state index in [9.17, 15) is 4.79 Å². The predicted octanol–water partition coefficient (Wildman–Crippen LogP) is 5.03. The van der Waals surface area contributed by atoms with Gasteiger partial charge in [0.25, 0.3) is 0 Å². The van der Waals surface area contributed by atoms with Gasteiger partial charge in [-0.15, -0.1) is 0 Å². The number of piperidine rings is 1. The molecule has 0 aliphatic carbocycles. The highest BCUT2D eigenvalue weighted by Gasteiger charge is 2.35. The van der Waals surface area contributed by atoms with Gasteiger partial charge in [-0.1, -0.05) is 43.7 Å². The fourth-order valence-corrected chi connectivity index (χ4v) is 3.66. The minimum atomic E-state index is -0.488. The largest absolute Gasteiger partial charge is 0.444 e. The minimum Gasteiger partial charge on any atom is -0.444 e. The second-order valence-electron chi connectivity index (χ2n) is 8.46. The number of aromatic nitrogens is 2. The number of hydrogen-bond acceptors (Lipinski definition) is 3. The van der Waals surface area contributed by atoms with Gasteiger partial charge in [0.05, 0.1) is 18.8 Å². The molecule has 27 heavy (non-hydrogen) atoms. The summed E-state index contributed by atoms with van der Waals surface area (Å²) in [6, 6.07) is 10.3. The van der Waals surface area contributed by atoms with Gasteiger partial charge in [0.15, 0.2) is 0 Å². The molecule has 2 heterocycles. The number of likely N-dealkylation sites (tertiary alicyclic amines) is 1. The molecule has 1 amide bonds. The third-order valence-corrected chi connectivity index (χ3v) is 5.11. The van der Waals surface area contributed by atoms with Crippen molar-refractivity contribution in [2.24, 2.45) is 5.92 Å². The van der Waals surface area contributed by atoms with Gasteiger partial charge in [-0.25, -0.2) is 4.79 Å². The minimum absolute atomic E-state index is 0.0344. The Bertz CT molecular complexity index is 748. The Morgan fingerprint density at radius 3 is 2.63 bits per heavy atom. The van der Waals surface area contributed by atoms with Crippen molar-refractivity contribution in [1.29, 1.82) is 0 Å². The van der Waals surface area contributed by atoms with Crippen molar-refractivity contribution in [3.8, 4) is 0 Å². The van der Waals surface area contributed by atoms with E-state index in [-0.39, 0.29) is 12.1 Å². The van der Waals surface area contributed by atoms with E-state index in [1.807, 2.05) is 54.7 Å². The summed E-state index contributed by atoms with van der Waals surface area (Å²) in [5.41, 5.74) is 1.82. The summed E-state index contributed by atoms with van der Waals surface area (Å²) in [7, 11) is 0. The third kappa shape index (κ3) is 5.12. The number of benzene rings is 1. The Morgan fingerprint density at radius 2 is 1.96 bits per heavy atom. The Labute approximate surface area is 162 Å². The van der Waals surface area contributed by atoms with Crippen molar-refractivity contribution in [3.05, 3.63) is 53.9 Å². The maximum absolute atomic E-state index is 12.8. The number of rotatable bonds is 4. The number of carbonyl (C=O) groups is 1. The normalized spacial score (nSPS) is 20.5. The first-order valence-corrected chi connectivity index (χ1v) is 9.91. The molecule has 0 spiro atoms. The average Bonchev–Trinajstić information content (AvgIpc) is 3.09. The molecule has 146 valence electrons. The van der Waals surface area contributed by atoms with Gasteiger partial charge in [-0.2, -0.15) is 5.10 Å². The molecular weight excluding hydrogens is 338 g/mol. The Kier molecular flexibility index (Phi) is 5.88. The van der Waals surface area contributed by atoms with Crippen molar-refractivity contribution in [1.82, 2.24) is 14.7 Å². The molecule has 1 aromatic heterocycles. The van der Waals surface area contributed by atoms with Crippen LogP contribution in [-0.4, -0.2) is 32.9 Å². The molecule has 3 rings (SSSR count). The second-order valence-corrected chi connectivity index (χ2v) is 8.46. The van der Waals surface area contributed by atoms with Crippen LogP contribution in [-0.2, 0) is 11.3 Å². The lowest BCUT2D eigenvalue weighted by atomic mass is 9.89. The SMILES string of the molecule is CC[C@H]1CC[C@H](c2cnn(Cc3ccccc3)c2)N(C(=O)OC(C)(C)C)C1. The molecule has 1 aliphatic heterocycles. The smallest absolute Gasteiger partial charge is 0.410 e. The first kappa shape index (κ1) is 19.5. The van der Waals surface area contributed by atoms with Crippen molar-refractivity contribution in [3.63, 3.8) is 0 Å². The zero-order chi connectivity index (χ0) is 19.4. The summed E-state index contributed by atoms with van der Waals surface area (Å²) in [5, 5.41) is 4.53. The van der Waals surface area contributed by atoms with Crippen LogP contribution in [0.25, 0.3) is 0 Å². The summed E-state index contributed by atoms with van der Waals surface area (Å²) >= 11 is 0. The summed E-state index contributed by atoms with van der Waals surface area (Å²) in [6.07, 6.45) is 6.91. The van der Waals surface area contributed by atoms with Gasteiger partial charge >= 0.3 is 6.09 Å². The summed E-state index contributed by atoms with van der Waals surface area (Å²) in [6.45, 7) is 9.42. The van der Waals surface area contributed by atoms with Crippen molar-refractivity contribution >= 4 is 6.09 Å². The van der Waals surface area contributed by atoms with Gasteiger partial charge in [0.1, 0.15) is 5.60 Å². The maximum Gasteiger partial charge on any atom is 0.410 e. The number of nitrogens with zero attached hydrogens (tertiary/aromatic N) is 3. The molecule has 0 radical (unpaired) electrons. The number of carbonyl (C=O) groups excluding carboxylic acids is 1. The average molecular weight is 370 g/mol. The Hall–Kier alpha value is -2.30. The van der Waals surface area contributed by atoms with E-state index >= 15 is 0 Å². The van der Waals surface area contributed by atoms with Crippen LogP contribution in [0.4, 0.5) is 4.79 Å². The molecule has 5 nitrogen and oxygen atoms in total. The monoisotopic (exact) mass is 369 g/mol. The Balaban J connectivity index is 1.77. The molecule has 1 fully saturated rings. The third-order valence-electron chi connectivity index (χ3n) is 5.11. The molecule has 0 bridgehead atoms. The number of ether oxygens (including phenoxy) is 1. The van der Waals surface area contributed by atoms with E-state index in [1.165, 1.54) is 5.56 Å². The van der Waals surface area contributed by atoms with E-state index in [0.29, 0.717) is 5.92 Å². The van der Waals surface area contributed by atoms with E-state index in [1.54, 1.807) is 0 Å². The highest BCUT2D eigenvalue weighted by molar-refractivity contribution is 5.69. The van der Waals surface area contributed by atoms with Crippen molar-refractivity contribution in [2.45, 2.75) is 65.1 Å². The quantitative estimate of drug-likeness (QED) is 0.759. The lowest BCUT2D eigenvalue weighted by molar-refractivity contribution is 0.00218. The van der Waals surface area contributed by atoms with Gasteiger partial charge in [0, 0.05) is 18.3 Å². The number of hydrogen-bond donors (Lipinski definition) is 0. The molecular formula is C22H31N3O2. The summed E-state index contributed by atoms with van der Waals surface area (Å²) in [4.78, 5) is 14.7. The van der Waals surface area contributed by atoms with E-state index in [0.717, 1.165) is 37.9 Å². The lowest BCUT2D eigenvalue weighted by Crippen LogP contribution is -2.44. The standard InChI is InChI=1S/C22H31N3O2/c1-5-17-11-12-20(25(15-17)21(26)27-22(2,3)4)19-13-23-24(16-19)14-18-9-7-6-8-10-18/h6-10,13,16-17,20H,5,11-12,14-15H2,1-4H3/t17-,20+/m0/s1. The topological polar surface area (TPSA) is 47.4 Å². The summed E-state index contributed by atoms with van der Waals surface area (Å²) < 4.78 is 7.63. The number of amides is 1. The van der Waals surface area contributed by atoms with Crippen LogP contribution in [0.3, 0.4) is 0 Å². The lowest BCUT2D eigenvalue weighted by Gasteiger charge is -2.39. The zero-order valence-corrected chi connectivity index (χ0v) is 16.9. The molecule has 0 saturated carbocycles. The van der Waals surface area contributed by atoms with E-state index in [2.05, 4.69) is 30.4 Å². The first-order chi connectivity index (χ1) is 12.9. The van der Waals surface area contributed by atoms with Crippen LogP contribution in [0.2, 0.25) is 0 Å². The van der Waals surface area contributed by atoms with Crippen LogP contribution in [0.5, 0.6) is 0 Å². The molecule has 0 unspecified atom stereocenters. The highest BCUT2D eigenvalue weighted by Crippen LogP contribution is 2.35. The van der Waals surface area contributed by atoms with Gasteiger partial charge in [0.2, 0.25) is 0 Å². The first-order valence-electron chi connectivity index (χ1n) is 9.91. The van der Waals surface area contributed by atoms with Crippen molar-refractivity contribution in [2.75, 3.05) is 6.54 Å². The van der Waals surface area contributed by atoms with Crippen molar-refractivity contribution < 1.29 is 9.53 Å². The second kappa shape index (κ2) is 8.15.